The summed E-state index contributed by atoms with van der Waals surface area (Å²) in [4.78, 5) is 14.5. The van der Waals surface area contributed by atoms with E-state index in [1.807, 2.05) is 20.9 Å². The summed E-state index contributed by atoms with van der Waals surface area (Å²) in [5.74, 6) is -0.139. The number of ether oxygens (including phenoxy) is 1. The first-order valence-electron chi connectivity index (χ1n) is 7.63. The summed E-state index contributed by atoms with van der Waals surface area (Å²) in [6.45, 7) is 8.64. The van der Waals surface area contributed by atoms with Crippen molar-refractivity contribution in [2.75, 3.05) is 26.7 Å². The number of likely N-dealkylation sites (N-methyl/N-ethyl adjacent to an activating group) is 1. The second-order valence-electron chi connectivity index (χ2n) is 5.79. The summed E-state index contributed by atoms with van der Waals surface area (Å²) in [6, 6.07) is 0.630. The van der Waals surface area contributed by atoms with Crippen LogP contribution < -0.4 is 5.32 Å². The van der Waals surface area contributed by atoms with Crippen LogP contribution in [-0.4, -0.2) is 49.2 Å². The number of hydrogen-bond acceptors (Lipinski definition) is 4. The van der Waals surface area contributed by atoms with Gasteiger partial charge in [0.25, 0.3) is 0 Å². The molecule has 2 atom stereocenters. The molecule has 1 aliphatic rings. The Bertz CT molecular complexity index is 283. The average molecular weight is 270 g/mol. The Morgan fingerprint density at radius 1 is 1.42 bits per heavy atom. The van der Waals surface area contributed by atoms with E-state index in [1.165, 1.54) is 25.7 Å². The van der Waals surface area contributed by atoms with Gasteiger partial charge in [0.2, 0.25) is 0 Å². The lowest BCUT2D eigenvalue weighted by atomic mass is 9.97. The fourth-order valence-electron chi connectivity index (χ4n) is 2.65. The molecule has 0 aromatic carbocycles. The summed E-state index contributed by atoms with van der Waals surface area (Å²) < 4.78 is 5.17. The Balaban J connectivity index is 2.53. The van der Waals surface area contributed by atoms with Crippen LogP contribution in [0.25, 0.3) is 0 Å². The van der Waals surface area contributed by atoms with Crippen molar-refractivity contribution in [2.24, 2.45) is 0 Å². The molecule has 1 N–H and O–H groups in total. The molecule has 0 aromatic heterocycles. The van der Waals surface area contributed by atoms with Crippen LogP contribution >= 0.6 is 0 Å². The molecular formula is C15H30N2O2. The van der Waals surface area contributed by atoms with Crippen LogP contribution in [0.5, 0.6) is 0 Å². The topological polar surface area (TPSA) is 41.6 Å². The van der Waals surface area contributed by atoms with E-state index in [-0.39, 0.29) is 5.97 Å². The van der Waals surface area contributed by atoms with Crippen LogP contribution in [0.15, 0.2) is 0 Å². The van der Waals surface area contributed by atoms with Gasteiger partial charge in [-0.2, -0.15) is 0 Å². The van der Waals surface area contributed by atoms with Crippen molar-refractivity contribution >= 4 is 5.97 Å². The third-order valence-corrected chi connectivity index (χ3v) is 4.37. The van der Waals surface area contributed by atoms with Crippen LogP contribution in [0.1, 0.15) is 52.9 Å². The lowest BCUT2D eigenvalue weighted by Crippen LogP contribution is -2.51. The number of esters is 1. The van der Waals surface area contributed by atoms with Crippen LogP contribution in [0.2, 0.25) is 0 Å². The molecule has 0 saturated carbocycles. The van der Waals surface area contributed by atoms with Gasteiger partial charge in [-0.1, -0.05) is 12.8 Å². The quantitative estimate of drug-likeness (QED) is 0.751. The zero-order valence-corrected chi connectivity index (χ0v) is 13.0. The zero-order chi connectivity index (χ0) is 14.3. The Hall–Kier alpha value is -0.610. The van der Waals surface area contributed by atoms with E-state index in [2.05, 4.69) is 17.1 Å². The van der Waals surface area contributed by atoms with Crippen molar-refractivity contribution in [2.45, 2.75) is 64.5 Å². The molecule has 0 aromatic rings. The molecule has 19 heavy (non-hydrogen) atoms. The fraction of sp³-hybridized carbons (Fsp3) is 0.933. The molecule has 112 valence electrons. The fourth-order valence-corrected chi connectivity index (χ4v) is 2.65. The van der Waals surface area contributed by atoms with E-state index in [9.17, 15) is 4.79 Å². The van der Waals surface area contributed by atoms with Crippen LogP contribution in [0, 0.1) is 0 Å². The highest BCUT2D eigenvalue weighted by Gasteiger charge is 2.33. The lowest BCUT2D eigenvalue weighted by Gasteiger charge is -2.32. The van der Waals surface area contributed by atoms with Gasteiger partial charge in [0.15, 0.2) is 0 Å². The molecule has 1 heterocycles. The minimum Gasteiger partial charge on any atom is -0.465 e. The Morgan fingerprint density at radius 2 is 2.16 bits per heavy atom. The molecule has 0 spiro atoms. The Kier molecular flexibility index (Phi) is 6.80. The van der Waals surface area contributed by atoms with E-state index in [1.54, 1.807) is 0 Å². The summed E-state index contributed by atoms with van der Waals surface area (Å²) in [6.07, 6.45) is 6.02. The van der Waals surface area contributed by atoms with Gasteiger partial charge in [-0.3, -0.25) is 4.79 Å². The minimum absolute atomic E-state index is 0.139. The van der Waals surface area contributed by atoms with Gasteiger partial charge in [0.05, 0.1) is 6.61 Å². The lowest BCUT2D eigenvalue weighted by molar-refractivity contribution is -0.150. The highest BCUT2D eigenvalue weighted by molar-refractivity contribution is 5.80. The van der Waals surface area contributed by atoms with Crippen LogP contribution in [-0.2, 0) is 9.53 Å². The number of likely N-dealkylation sites (tertiary alicyclic amines) is 1. The van der Waals surface area contributed by atoms with E-state index in [4.69, 9.17) is 4.74 Å². The molecule has 4 heteroatoms. The van der Waals surface area contributed by atoms with Gasteiger partial charge in [0.1, 0.15) is 5.54 Å². The second kappa shape index (κ2) is 7.85. The number of nitrogens with zero attached hydrogens (tertiary/aromatic N) is 1. The maximum atomic E-state index is 12.0. The number of nitrogens with one attached hydrogen (secondary N) is 1. The average Bonchev–Trinajstić information content (AvgIpc) is 2.61. The molecule has 0 aliphatic carbocycles. The molecule has 0 bridgehead atoms. The molecule has 1 saturated heterocycles. The number of hydrogen-bond donors (Lipinski definition) is 1. The van der Waals surface area contributed by atoms with Crippen LogP contribution in [0.3, 0.4) is 0 Å². The van der Waals surface area contributed by atoms with Gasteiger partial charge in [-0.15, -0.1) is 0 Å². The van der Waals surface area contributed by atoms with E-state index >= 15 is 0 Å². The van der Waals surface area contributed by atoms with E-state index < -0.39 is 5.54 Å². The van der Waals surface area contributed by atoms with Gasteiger partial charge in [0, 0.05) is 12.6 Å². The highest BCUT2D eigenvalue weighted by Crippen LogP contribution is 2.19. The molecule has 4 nitrogen and oxygen atoms in total. The minimum atomic E-state index is -0.567. The van der Waals surface area contributed by atoms with Gasteiger partial charge >= 0.3 is 5.97 Å². The predicted octanol–water partition coefficient (Wildman–Crippen LogP) is 2.18. The van der Waals surface area contributed by atoms with Crippen molar-refractivity contribution in [1.29, 1.82) is 0 Å². The predicted molar refractivity (Wildman–Crippen MR) is 78.2 cm³/mol. The first-order chi connectivity index (χ1) is 9.03. The maximum absolute atomic E-state index is 12.0. The molecule has 0 radical (unpaired) electrons. The zero-order valence-electron chi connectivity index (χ0n) is 13.0. The maximum Gasteiger partial charge on any atom is 0.326 e. The molecule has 0 amide bonds. The van der Waals surface area contributed by atoms with Crippen LogP contribution in [0.4, 0.5) is 0 Å². The van der Waals surface area contributed by atoms with E-state index in [0.29, 0.717) is 12.6 Å². The Morgan fingerprint density at radius 3 is 2.79 bits per heavy atom. The summed E-state index contributed by atoms with van der Waals surface area (Å²) in [5, 5.41) is 3.13. The molecular weight excluding hydrogens is 240 g/mol. The standard InChI is InChI=1S/C15H30N2O2/c1-5-19-14(18)15(3,16-4)10-12-17-11-8-6-7-9-13(17)2/h13,16H,5-12H2,1-4H3. The summed E-state index contributed by atoms with van der Waals surface area (Å²) >= 11 is 0. The second-order valence-corrected chi connectivity index (χ2v) is 5.79. The molecule has 1 fully saturated rings. The van der Waals surface area contributed by atoms with Crippen molar-refractivity contribution < 1.29 is 9.53 Å². The van der Waals surface area contributed by atoms with Gasteiger partial charge < -0.3 is 15.0 Å². The van der Waals surface area contributed by atoms with Crippen molar-refractivity contribution in [3.63, 3.8) is 0 Å². The van der Waals surface area contributed by atoms with Crippen molar-refractivity contribution in [3.8, 4) is 0 Å². The highest BCUT2D eigenvalue weighted by atomic mass is 16.5. The third kappa shape index (κ3) is 4.77. The van der Waals surface area contributed by atoms with Gasteiger partial charge in [-0.05, 0) is 53.6 Å². The van der Waals surface area contributed by atoms with Crippen molar-refractivity contribution in [1.82, 2.24) is 10.2 Å². The first kappa shape index (κ1) is 16.4. The smallest absolute Gasteiger partial charge is 0.326 e. The number of carbonyl (C=O) groups is 1. The summed E-state index contributed by atoms with van der Waals surface area (Å²) in [5.41, 5.74) is -0.567. The largest absolute Gasteiger partial charge is 0.465 e. The normalized spacial score (nSPS) is 24.5. The van der Waals surface area contributed by atoms with E-state index in [0.717, 1.165) is 19.5 Å². The van der Waals surface area contributed by atoms with Crippen molar-refractivity contribution in [3.05, 3.63) is 0 Å². The molecule has 1 rings (SSSR count). The number of rotatable bonds is 6. The third-order valence-electron chi connectivity index (χ3n) is 4.37. The Labute approximate surface area is 117 Å². The van der Waals surface area contributed by atoms with Gasteiger partial charge in [-0.25, -0.2) is 0 Å². The summed E-state index contributed by atoms with van der Waals surface area (Å²) in [7, 11) is 1.84. The first-order valence-corrected chi connectivity index (χ1v) is 7.63. The molecule has 2 unspecified atom stereocenters. The monoisotopic (exact) mass is 270 g/mol. The number of carbonyl (C=O) groups excluding carboxylic acids is 1. The SMILES string of the molecule is CCOC(=O)C(C)(CCN1CCCCCC1C)NC. The molecule has 1 aliphatic heterocycles.